The van der Waals surface area contributed by atoms with Gasteiger partial charge in [-0.3, -0.25) is 9.59 Å². The minimum atomic E-state index is -0.468. The topological polar surface area (TPSA) is 112 Å². The minimum absolute atomic E-state index is 0.0775. The molecular weight excluding hydrogens is 416 g/mol. The zero-order chi connectivity index (χ0) is 23.3. The van der Waals surface area contributed by atoms with Crippen LogP contribution in [0.25, 0.3) is 12.2 Å². The highest BCUT2D eigenvalue weighted by molar-refractivity contribution is 5.61. The molecule has 32 heavy (non-hydrogen) atoms. The molecule has 0 spiro atoms. The van der Waals surface area contributed by atoms with Gasteiger partial charge in [0.15, 0.2) is 23.0 Å². The van der Waals surface area contributed by atoms with Gasteiger partial charge in [0.05, 0.1) is 35.5 Å². The van der Waals surface area contributed by atoms with Crippen LogP contribution in [0.3, 0.4) is 0 Å². The molecule has 9 heteroatoms. The first-order valence-corrected chi connectivity index (χ1v) is 9.52. The molecule has 0 bridgehead atoms. The first-order valence-electron chi connectivity index (χ1n) is 9.52. The summed E-state index contributed by atoms with van der Waals surface area (Å²) in [7, 11) is 7.54. The van der Waals surface area contributed by atoms with Gasteiger partial charge < -0.3 is 33.7 Å². The van der Waals surface area contributed by atoms with E-state index >= 15 is 0 Å². The van der Waals surface area contributed by atoms with E-state index in [1.807, 2.05) is 0 Å². The van der Waals surface area contributed by atoms with Gasteiger partial charge in [-0.15, -0.1) is 0 Å². The molecule has 0 saturated carbocycles. The molecule has 9 nitrogen and oxygen atoms in total. The zero-order valence-corrected chi connectivity index (χ0v) is 18.4. The lowest BCUT2D eigenvalue weighted by Gasteiger charge is -2.12. The maximum Gasteiger partial charge on any atom is 0.272 e. The molecule has 2 N–H and O–H groups in total. The fourth-order valence-corrected chi connectivity index (χ4v) is 3.16. The SMILES string of the molecule is COc1ccc(/C=c2/[nH]c(=O)/c(=C/c3cc(OC)c(OC)c(OC)c3)[nH]c2=O)cc1OC. The lowest BCUT2D eigenvalue weighted by Crippen LogP contribution is -2.46. The molecule has 0 fully saturated rings. The Bertz CT molecular complexity index is 1330. The summed E-state index contributed by atoms with van der Waals surface area (Å²) in [5.74, 6) is 2.34. The molecule has 0 aliphatic rings. The average molecular weight is 440 g/mol. The fourth-order valence-electron chi connectivity index (χ4n) is 3.16. The summed E-state index contributed by atoms with van der Waals surface area (Å²) in [5.41, 5.74) is 0.311. The van der Waals surface area contributed by atoms with Crippen LogP contribution in [0.5, 0.6) is 28.7 Å². The number of ether oxygens (including phenoxy) is 5. The average Bonchev–Trinajstić information content (AvgIpc) is 2.81. The van der Waals surface area contributed by atoms with Crippen molar-refractivity contribution in [2.45, 2.75) is 0 Å². The molecule has 0 saturated heterocycles. The Kier molecular flexibility index (Phi) is 6.89. The predicted octanol–water partition coefficient (Wildman–Crippen LogP) is 0.764. The molecule has 2 aromatic carbocycles. The Labute approximate surface area is 183 Å². The van der Waals surface area contributed by atoms with Crippen molar-refractivity contribution in [3.8, 4) is 28.7 Å². The number of benzene rings is 2. The van der Waals surface area contributed by atoms with E-state index in [0.29, 0.717) is 39.9 Å². The van der Waals surface area contributed by atoms with Gasteiger partial charge in [0.1, 0.15) is 10.7 Å². The number of hydrogen-bond donors (Lipinski definition) is 2. The molecule has 0 atom stereocenters. The van der Waals surface area contributed by atoms with Crippen LogP contribution in [0, 0.1) is 0 Å². The Morgan fingerprint density at radius 2 is 1.06 bits per heavy atom. The maximum absolute atomic E-state index is 12.6. The highest BCUT2D eigenvalue weighted by atomic mass is 16.5. The van der Waals surface area contributed by atoms with Crippen molar-refractivity contribution in [3.05, 3.63) is 72.9 Å². The molecule has 1 aromatic heterocycles. The van der Waals surface area contributed by atoms with Gasteiger partial charge in [0.25, 0.3) is 11.1 Å². The standard InChI is InChI=1S/C23H24N2O7/c1-28-17-7-6-13(10-18(17)29-2)8-15-22(26)25-16(23(27)24-15)9-14-11-19(30-3)21(32-5)20(12-14)31-4/h6-12H,1-5H3,(H,24,27)(H,25,26)/b15-8+,16-9-. The number of rotatable bonds is 7. The first kappa shape index (κ1) is 22.5. The third-order valence-corrected chi connectivity index (χ3v) is 4.70. The van der Waals surface area contributed by atoms with Crippen molar-refractivity contribution in [1.29, 1.82) is 0 Å². The fraction of sp³-hybridized carbons (Fsp3) is 0.217. The van der Waals surface area contributed by atoms with Gasteiger partial charge in [-0.05, 0) is 47.5 Å². The maximum atomic E-state index is 12.6. The molecule has 0 aliphatic heterocycles. The molecule has 1 heterocycles. The zero-order valence-electron chi connectivity index (χ0n) is 18.4. The minimum Gasteiger partial charge on any atom is -0.493 e. The monoisotopic (exact) mass is 440 g/mol. The van der Waals surface area contributed by atoms with E-state index in [4.69, 9.17) is 23.7 Å². The second-order valence-corrected chi connectivity index (χ2v) is 6.60. The van der Waals surface area contributed by atoms with Crippen LogP contribution < -0.4 is 45.5 Å². The van der Waals surface area contributed by atoms with Crippen molar-refractivity contribution < 1.29 is 23.7 Å². The van der Waals surface area contributed by atoms with E-state index < -0.39 is 11.1 Å². The van der Waals surface area contributed by atoms with Crippen LogP contribution in [0.15, 0.2) is 39.9 Å². The Balaban J connectivity index is 2.11. The van der Waals surface area contributed by atoms with Crippen molar-refractivity contribution in [2.24, 2.45) is 0 Å². The number of aromatic amines is 2. The largest absolute Gasteiger partial charge is 0.493 e. The van der Waals surface area contributed by atoms with E-state index in [1.165, 1.54) is 41.6 Å². The third-order valence-electron chi connectivity index (χ3n) is 4.70. The number of nitrogens with one attached hydrogen (secondary N) is 2. The normalized spacial score (nSPS) is 11.9. The summed E-state index contributed by atoms with van der Waals surface area (Å²) < 4.78 is 26.4. The number of aromatic nitrogens is 2. The van der Waals surface area contributed by atoms with Crippen LogP contribution in [-0.2, 0) is 0 Å². The van der Waals surface area contributed by atoms with Crippen molar-refractivity contribution in [2.75, 3.05) is 35.5 Å². The van der Waals surface area contributed by atoms with Gasteiger partial charge >= 0.3 is 0 Å². The van der Waals surface area contributed by atoms with E-state index in [1.54, 1.807) is 36.4 Å². The molecular formula is C23H24N2O7. The van der Waals surface area contributed by atoms with Crippen molar-refractivity contribution >= 4 is 12.2 Å². The van der Waals surface area contributed by atoms with Gasteiger partial charge in [0.2, 0.25) is 5.75 Å². The van der Waals surface area contributed by atoms with Crippen molar-refractivity contribution in [3.63, 3.8) is 0 Å². The summed E-state index contributed by atoms with van der Waals surface area (Å²) in [6.07, 6.45) is 3.07. The third kappa shape index (κ3) is 4.61. The second-order valence-electron chi connectivity index (χ2n) is 6.60. The van der Waals surface area contributed by atoms with E-state index in [0.717, 1.165) is 0 Å². The highest BCUT2D eigenvalue weighted by Gasteiger charge is 2.12. The smallest absolute Gasteiger partial charge is 0.272 e. The van der Waals surface area contributed by atoms with Crippen LogP contribution in [0.4, 0.5) is 0 Å². The molecule has 3 rings (SSSR count). The Morgan fingerprint density at radius 3 is 1.53 bits per heavy atom. The van der Waals surface area contributed by atoms with Crippen molar-refractivity contribution in [1.82, 2.24) is 9.97 Å². The van der Waals surface area contributed by atoms with Gasteiger partial charge in [-0.2, -0.15) is 0 Å². The van der Waals surface area contributed by atoms with Gasteiger partial charge in [0, 0.05) is 0 Å². The molecule has 3 aromatic rings. The van der Waals surface area contributed by atoms with Crippen LogP contribution >= 0.6 is 0 Å². The second kappa shape index (κ2) is 9.78. The highest BCUT2D eigenvalue weighted by Crippen LogP contribution is 2.38. The molecule has 168 valence electrons. The van der Waals surface area contributed by atoms with Gasteiger partial charge in [-0.1, -0.05) is 6.07 Å². The summed E-state index contributed by atoms with van der Waals surface area (Å²) >= 11 is 0. The molecule has 0 radical (unpaired) electrons. The Hall–Kier alpha value is -4.14. The molecule has 0 amide bonds. The van der Waals surface area contributed by atoms with E-state index in [2.05, 4.69) is 9.97 Å². The number of hydrogen-bond acceptors (Lipinski definition) is 7. The molecule has 0 unspecified atom stereocenters. The lowest BCUT2D eigenvalue weighted by atomic mass is 10.1. The number of methoxy groups -OCH3 is 5. The van der Waals surface area contributed by atoms with Crippen LogP contribution in [0.2, 0.25) is 0 Å². The Morgan fingerprint density at radius 1 is 0.594 bits per heavy atom. The summed E-state index contributed by atoms with van der Waals surface area (Å²) in [6.45, 7) is 0. The van der Waals surface area contributed by atoms with Crippen LogP contribution in [0.1, 0.15) is 11.1 Å². The van der Waals surface area contributed by atoms with Crippen LogP contribution in [-0.4, -0.2) is 45.5 Å². The summed E-state index contributed by atoms with van der Waals surface area (Å²) in [4.78, 5) is 30.5. The van der Waals surface area contributed by atoms with E-state index in [-0.39, 0.29) is 10.7 Å². The predicted molar refractivity (Wildman–Crippen MR) is 120 cm³/mol. The molecule has 0 aliphatic carbocycles. The van der Waals surface area contributed by atoms with E-state index in [9.17, 15) is 9.59 Å². The number of H-pyrrole nitrogens is 2. The van der Waals surface area contributed by atoms with Gasteiger partial charge in [-0.25, -0.2) is 0 Å². The first-order chi connectivity index (χ1) is 15.4. The summed E-state index contributed by atoms with van der Waals surface area (Å²) in [6, 6.07) is 8.50. The lowest BCUT2D eigenvalue weighted by molar-refractivity contribution is 0.324. The summed E-state index contributed by atoms with van der Waals surface area (Å²) in [5, 5.41) is 0.179. The quantitative estimate of drug-likeness (QED) is 0.558.